The fraction of sp³-hybridized carbons (Fsp3) is 0.333. The fourth-order valence-electron chi connectivity index (χ4n) is 3.44. The number of ketones is 1. The summed E-state index contributed by atoms with van der Waals surface area (Å²) in [5.41, 5.74) is 11.8. The molecule has 37 heavy (non-hydrogen) atoms. The molecule has 1 aliphatic rings. The van der Waals surface area contributed by atoms with E-state index in [4.69, 9.17) is 47.8 Å². The molecule has 0 radical (unpaired) electrons. The van der Waals surface area contributed by atoms with E-state index >= 15 is 0 Å². The number of carboxylic acids is 1. The van der Waals surface area contributed by atoms with E-state index in [9.17, 15) is 14.4 Å². The summed E-state index contributed by atoms with van der Waals surface area (Å²) in [5, 5.41) is 20.1. The highest BCUT2D eigenvalue weighted by atomic mass is 35.5. The Kier molecular flexibility index (Phi) is 9.66. The van der Waals surface area contributed by atoms with Crippen LogP contribution in [0.1, 0.15) is 24.8 Å². The standard InChI is InChI=1S/C24H28ClN5O7/c25-15-4-6-16(7-5-15)37-22(29-12-14-3-8-19-20(10-14)36-13-35-19)18(31)11-21(32)30(24(27)28)9-1-2-17(26)23(33)34/h3-8,10,17,22,29H,1-2,9,11-13,26H2,(H3,27,28)(H,33,34). The molecule has 0 fully saturated rings. The summed E-state index contributed by atoms with van der Waals surface area (Å²) in [4.78, 5) is 37.7. The van der Waals surface area contributed by atoms with Gasteiger partial charge in [0.25, 0.3) is 0 Å². The number of carbonyl (C=O) groups is 3. The number of nitrogens with zero attached hydrogens (tertiary/aromatic N) is 1. The van der Waals surface area contributed by atoms with Crippen molar-refractivity contribution in [2.24, 2.45) is 11.5 Å². The largest absolute Gasteiger partial charge is 0.480 e. The molecule has 7 N–H and O–H groups in total. The molecule has 198 valence electrons. The number of rotatable bonds is 13. The number of guanidine groups is 1. The number of ether oxygens (including phenoxy) is 3. The molecule has 0 spiro atoms. The molecule has 2 aromatic carbocycles. The summed E-state index contributed by atoms with van der Waals surface area (Å²) in [6, 6.07) is 10.6. The number of nitrogens with one attached hydrogen (secondary N) is 2. The first-order valence-corrected chi connectivity index (χ1v) is 11.7. The lowest BCUT2D eigenvalue weighted by Gasteiger charge is -2.23. The summed E-state index contributed by atoms with van der Waals surface area (Å²) in [6.45, 7) is 0.276. The van der Waals surface area contributed by atoms with Crippen molar-refractivity contribution >= 4 is 35.2 Å². The quantitative estimate of drug-likeness (QED) is 0.109. The van der Waals surface area contributed by atoms with Gasteiger partial charge in [0, 0.05) is 18.1 Å². The SMILES string of the molecule is N=C(N)N(CCCC(N)C(=O)O)C(=O)CC(=O)C(NCc1ccc2c(c1)OCO2)Oc1ccc(Cl)cc1. The first-order chi connectivity index (χ1) is 17.6. The molecule has 13 heteroatoms. The average molecular weight is 534 g/mol. The van der Waals surface area contributed by atoms with E-state index in [1.54, 1.807) is 42.5 Å². The van der Waals surface area contributed by atoms with Crippen LogP contribution in [0.4, 0.5) is 0 Å². The zero-order valence-electron chi connectivity index (χ0n) is 19.8. The molecule has 0 saturated carbocycles. The fourth-order valence-corrected chi connectivity index (χ4v) is 3.57. The van der Waals surface area contributed by atoms with Gasteiger partial charge >= 0.3 is 5.97 Å². The lowest BCUT2D eigenvalue weighted by molar-refractivity contribution is -0.138. The third-order valence-electron chi connectivity index (χ3n) is 5.42. The van der Waals surface area contributed by atoms with E-state index in [1.807, 2.05) is 0 Å². The Balaban J connectivity index is 1.67. The van der Waals surface area contributed by atoms with Gasteiger partial charge in [0.2, 0.25) is 18.9 Å². The molecule has 0 saturated heterocycles. The number of hydrogen-bond acceptors (Lipinski definition) is 9. The number of hydrogen-bond donors (Lipinski definition) is 5. The van der Waals surface area contributed by atoms with Gasteiger partial charge in [0.15, 0.2) is 23.2 Å². The van der Waals surface area contributed by atoms with Crippen molar-refractivity contribution in [2.45, 2.75) is 38.1 Å². The van der Waals surface area contributed by atoms with Crippen molar-refractivity contribution < 1.29 is 33.7 Å². The number of amides is 1. The second-order valence-corrected chi connectivity index (χ2v) is 8.62. The Morgan fingerprint density at radius 1 is 1.16 bits per heavy atom. The normalized spacial score (nSPS) is 13.5. The number of halogens is 1. The number of aliphatic carboxylic acids is 1. The molecule has 0 aromatic heterocycles. The first kappa shape index (κ1) is 27.7. The van der Waals surface area contributed by atoms with E-state index in [0.29, 0.717) is 22.3 Å². The van der Waals surface area contributed by atoms with Crippen molar-refractivity contribution in [3.63, 3.8) is 0 Å². The molecule has 12 nitrogen and oxygen atoms in total. The van der Waals surface area contributed by atoms with Crippen LogP contribution >= 0.6 is 11.6 Å². The molecule has 2 aromatic rings. The number of benzene rings is 2. The number of nitrogens with two attached hydrogens (primary N) is 2. The highest BCUT2D eigenvalue weighted by Gasteiger charge is 2.27. The molecule has 2 unspecified atom stereocenters. The molecule has 1 amide bonds. The third-order valence-corrected chi connectivity index (χ3v) is 5.67. The van der Waals surface area contributed by atoms with E-state index in [0.717, 1.165) is 10.5 Å². The first-order valence-electron chi connectivity index (χ1n) is 11.3. The van der Waals surface area contributed by atoms with Gasteiger partial charge in [-0.3, -0.25) is 30.0 Å². The van der Waals surface area contributed by atoms with Gasteiger partial charge in [-0.15, -0.1) is 0 Å². The Labute approximate surface area is 217 Å². The summed E-state index contributed by atoms with van der Waals surface area (Å²) in [7, 11) is 0. The van der Waals surface area contributed by atoms with Crippen molar-refractivity contribution in [2.75, 3.05) is 13.3 Å². The highest BCUT2D eigenvalue weighted by Crippen LogP contribution is 2.32. The van der Waals surface area contributed by atoms with Crippen LogP contribution in [0, 0.1) is 5.41 Å². The van der Waals surface area contributed by atoms with Gasteiger partial charge in [0.1, 0.15) is 11.8 Å². The molecule has 2 atom stereocenters. The van der Waals surface area contributed by atoms with Crippen LogP contribution in [0.2, 0.25) is 5.02 Å². The van der Waals surface area contributed by atoms with Crippen LogP contribution < -0.4 is 31.0 Å². The monoisotopic (exact) mass is 533 g/mol. The topological polar surface area (TPSA) is 190 Å². The average Bonchev–Trinajstić information content (AvgIpc) is 3.32. The predicted molar refractivity (Wildman–Crippen MR) is 133 cm³/mol. The van der Waals surface area contributed by atoms with Crippen LogP contribution in [0.5, 0.6) is 17.2 Å². The molecule has 0 bridgehead atoms. The molecule has 1 heterocycles. The Morgan fingerprint density at radius 3 is 2.54 bits per heavy atom. The maximum atomic E-state index is 13.1. The Morgan fingerprint density at radius 2 is 1.86 bits per heavy atom. The van der Waals surface area contributed by atoms with Crippen LogP contribution in [0.15, 0.2) is 42.5 Å². The highest BCUT2D eigenvalue weighted by molar-refractivity contribution is 6.30. The second-order valence-electron chi connectivity index (χ2n) is 8.18. The minimum atomic E-state index is -1.22. The van der Waals surface area contributed by atoms with Gasteiger partial charge in [-0.05, 0) is 54.8 Å². The minimum absolute atomic E-state index is 0.0598. The Bertz CT molecular complexity index is 1140. The maximum Gasteiger partial charge on any atom is 0.320 e. The van der Waals surface area contributed by atoms with Crippen LogP contribution in [0.3, 0.4) is 0 Å². The molecule has 0 aliphatic carbocycles. The summed E-state index contributed by atoms with van der Waals surface area (Å²) in [5.74, 6) is -1.52. The second kappa shape index (κ2) is 12.9. The van der Waals surface area contributed by atoms with Crippen LogP contribution in [0.25, 0.3) is 0 Å². The molecular weight excluding hydrogens is 506 g/mol. The van der Waals surface area contributed by atoms with Crippen molar-refractivity contribution in [3.05, 3.63) is 53.1 Å². The lowest BCUT2D eigenvalue weighted by Crippen LogP contribution is -2.47. The zero-order valence-corrected chi connectivity index (χ0v) is 20.6. The van der Waals surface area contributed by atoms with Gasteiger partial charge in [-0.1, -0.05) is 17.7 Å². The number of fused-ring (bicyclic) bond motifs is 1. The molecular formula is C24H28ClN5O7. The maximum absolute atomic E-state index is 13.1. The zero-order chi connectivity index (χ0) is 26.9. The lowest BCUT2D eigenvalue weighted by atomic mass is 10.1. The van der Waals surface area contributed by atoms with Crippen molar-refractivity contribution in [1.29, 1.82) is 5.41 Å². The number of Topliss-reactive ketones (excluding diaryl/α,β-unsaturated/α-hetero) is 1. The third kappa shape index (κ3) is 8.07. The summed E-state index contributed by atoms with van der Waals surface area (Å²) < 4.78 is 16.5. The van der Waals surface area contributed by atoms with Crippen LogP contribution in [-0.4, -0.2) is 59.2 Å². The van der Waals surface area contributed by atoms with E-state index < -0.39 is 42.3 Å². The van der Waals surface area contributed by atoms with E-state index in [2.05, 4.69) is 5.32 Å². The molecule has 1 aliphatic heterocycles. The molecule has 3 rings (SSSR count). The van der Waals surface area contributed by atoms with E-state index in [1.165, 1.54) is 0 Å². The number of carboxylic acid groups (broad SMARTS) is 1. The summed E-state index contributed by atoms with van der Waals surface area (Å²) in [6.07, 6.45) is -1.58. The van der Waals surface area contributed by atoms with Gasteiger partial charge in [0.05, 0.1) is 6.42 Å². The van der Waals surface area contributed by atoms with Crippen LogP contribution in [-0.2, 0) is 20.9 Å². The van der Waals surface area contributed by atoms with Crippen molar-refractivity contribution in [3.8, 4) is 17.2 Å². The van der Waals surface area contributed by atoms with Gasteiger partial charge in [-0.25, -0.2) is 0 Å². The van der Waals surface area contributed by atoms with Crippen molar-refractivity contribution in [1.82, 2.24) is 10.2 Å². The van der Waals surface area contributed by atoms with E-state index in [-0.39, 0.29) is 32.7 Å². The Hall–Kier alpha value is -3.87. The minimum Gasteiger partial charge on any atom is -0.480 e. The number of carbonyl (C=O) groups excluding carboxylic acids is 2. The summed E-state index contributed by atoms with van der Waals surface area (Å²) >= 11 is 5.93. The van der Waals surface area contributed by atoms with Gasteiger partial charge in [-0.2, -0.15) is 0 Å². The smallest absolute Gasteiger partial charge is 0.320 e. The van der Waals surface area contributed by atoms with Gasteiger partial charge < -0.3 is 30.8 Å². The predicted octanol–water partition coefficient (Wildman–Crippen LogP) is 1.44.